The summed E-state index contributed by atoms with van der Waals surface area (Å²) in [5.74, 6) is 0.475. The SMILES string of the molecule is O=[N+]([O-])c1cccc(OCCN2CCN(c3ccccc3[N+](=O)[O-])CC2)c1. The predicted octanol–water partition coefficient (Wildman–Crippen LogP) is 2.70. The lowest BCUT2D eigenvalue weighted by molar-refractivity contribution is -0.385. The number of nitrogens with zero attached hydrogens (tertiary/aromatic N) is 4. The van der Waals surface area contributed by atoms with Gasteiger partial charge in [0.05, 0.1) is 15.9 Å². The van der Waals surface area contributed by atoms with Crippen molar-refractivity contribution >= 4 is 17.1 Å². The average molecular weight is 372 g/mol. The third-order valence-electron chi connectivity index (χ3n) is 4.50. The molecule has 1 fully saturated rings. The van der Waals surface area contributed by atoms with Crippen molar-refractivity contribution in [1.29, 1.82) is 0 Å². The lowest BCUT2D eigenvalue weighted by Crippen LogP contribution is -2.47. The van der Waals surface area contributed by atoms with Crippen LogP contribution in [0, 0.1) is 20.2 Å². The van der Waals surface area contributed by atoms with Crippen molar-refractivity contribution in [2.24, 2.45) is 0 Å². The molecule has 1 heterocycles. The Labute approximate surface area is 156 Å². The Morgan fingerprint density at radius 2 is 1.67 bits per heavy atom. The van der Waals surface area contributed by atoms with Crippen molar-refractivity contribution in [3.05, 3.63) is 68.8 Å². The molecule has 142 valence electrons. The first-order valence-corrected chi connectivity index (χ1v) is 8.62. The van der Waals surface area contributed by atoms with E-state index in [1.165, 1.54) is 18.2 Å². The predicted molar refractivity (Wildman–Crippen MR) is 100 cm³/mol. The minimum absolute atomic E-state index is 0.00516. The number of piperazine rings is 1. The Bertz CT molecular complexity index is 821. The number of hydrogen-bond acceptors (Lipinski definition) is 7. The van der Waals surface area contributed by atoms with Crippen LogP contribution in [0.5, 0.6) is 5.75 Å². The summed E-state index contributed by atoms with van der Waals surface area (Å²) in [6.07, 6.45) is 0. The largest absolute Gasteiger partial charge is 0.492 e. The second kappa shape index (κ2) is 8.45. The molecule has 9 nitrogen and oxygen atoms in total. The Hall–Kier alpha value is -3.20. The van der Waals surface area contributed by atoms with Gasteiger partial charge in [-0.25, -0.2) is 0 Å². The Morgan fingerprint density at radius 3 is 2.37 bits per heavy atom. The van der Waals surface area contributed by atoms with Crippen molar-refractivity contribution in [1.82, 2.24) is 4.90 Å². The fourth-order valence-electron chi connectivity index (χ4n) is 3.08. The van der Waals surface area contributed by atoms with E-state index in [1.807, 2.05) is 11.0 Å². The van der Waals surface area contributed by atoms with Gasteiger partial charge in [-0.05, 0) is 12.1 Å². The van der Waals surface area contributed by atoms with E-state index in [2.05, 4.69) is 4.90 Å². The van der Waals surface area contributed by atoms with E-state index < -0.39 is 4.92 Å². The summed E-state index contributed by atoms with van der Waals surface area (Å²) in [4.78, 5) is 25.4. The summed E-state index contributed by atoms with van der Waals surface area (Å²) in [5.41, 5.74) is 0.778. The molecular weight excluding hydrogens is 352 g/mol. The highest BCUT2D eigenvalue weighted by atomic mass is 16.6. The van der Waals surface area contributed by atoms with Gasteiger partial charge in [0.15, 0.2) is 0 Å². The molecule has 9 heteroatoms. The number of non-ortho nitro benzene ring substituents is 1. The van der Waals surface area contributed by atoms with E-state index in [0.29, 0.717) is 37.7 Å². The molecule has 0 unspecified atom stereocenters. The van der Waals surface area contributed by atoms with Gasteiger partial charge in [-0.2, -0.15) is 0 Å². The highest BCUT2D eigenvalue weighted by Gasteiger charge is 2.23. The van der Waals surface area contributed by atoms with E-state index >= 15 is 0 Å². The van der Waals surface area contributed by atoms with Crippen LogP contribution in [0.25, 0.3) is 0 Å². The third-order valence-corrected chi connectivity index (χ3v) is 4.50. The summed E-state index contributed by atoms with van der Waals surface area (Å²) >= 11 is 0. The summed E-state index contributed by atoms with van der Waals surface area (Å²) < 4.78 is 5.61. The van der Waals surface area contributed by atoms with Crippen LogP contribution in [0.1, 0.15) is 0 Å². The minimum Gasteiger partial charge on any atom is -0.492 e. The number of rotatable bonds is 7. The lowest BCUT2D eigenvalue weighted by atomic mass is 10.2. The van der Waals surface area contributed by atoms with Gasteiger partial charge >= 0.3 is 0 Å². The quantitative estimate of drug-likeness (QED) is 0.544. The highest BCUT2D eigenvalue weighted by Crippen LogP contribution is 2.28. The zero-order chi connectivity index (χ0) is 19.2. The minimum atomic E-state index is -0.450. The van der Waals surface area contributed by atoms with Crippen molar-refractivity contribution in [2.45, 2.75) is 0 Å². The number of para-hydroxylation sites is 2. The van der Waals surface area contributed by atoms with E-state index in [-0.39, 0.29) is 16.3 Å². The molecule has 0 saturated carbocycles. The lowest BCUT2D eigenvalue weighted by Gasteiger charge is -2.35. The molecule has 3 rings (SSSR count). The van der Waals surface area contributed by atoms with E-state index in [9.17, 15) is 20.2 Å². The molecule has 0 aliphatic carbocycles. The fraction of sp³-hybridized carbons (Fsp3) is 0.333. The average Bonchev–Trinajstić information content (AvgIpc) is 2.69. The van der Waals surface area contributed by atoms with Gasteiger partial charge in [-0.15, -0.1) is 0 Å². The van der Waals surface area contributed by atoms with Gasteiger partial charge in [0.25, 0.3) is 11.4 Å². The van der Waals surface area contributed by atoms with Crippen LogP contribution < -0.4 is 9.64 Å². The number of anilines is 1. The molecule has 0 spiro atoms. The van der Waals surface area contributed by atoms with Gasteiger partial charge in [-0.1, -0.05) is 18.2 Å². The van der Waals surface area contributed by atoms with E-state index in [4.69, 9.17) is 4.74 Å². The number of nitro groups is 2. The smallest absolute Gasteiger partial charge is 0.292 e. The monoisotopic (exact) mass is 372 g/mol. The number of ether oxygens (including phenoxy) is 1. The van der Waals surface area contributed by atoms with Gasteiger partial charge in [0.1, 0.15) is 18.0 Å². The normalized spacial score (nSPS) is 14.7. The van der Waals surface area contributed by atoms with Crippen molar-refractivity contribution in [3.63, 3.8) is 0 Å². The summed E-state index contributed by atoms with van der Waals surface area (Å²) in [7, 11) is 0. The first-order valence-electron chi connectivity index (χ1n) is 8.62. The molecule has 0 radical (unpaired) electrons. The maximum atomic E-state index is 11.2. The summed E-state index contributed by atoms with van der Waals surface area (Å²) in [6, 6.07) is 12.9. The van der Waals surface area contributed by atoms with Crippen molar-refractivity contribution < 1.29 is 14.6 Å². The zero-order valence-corrected chi connectivity index (χ0v) is 14.7. The molecule has 0 atom stereocenters. The van der Waals surface area contributed by atoms with Crippen LogP contribution in [0.2, 0.25) is 0 Å². The maximum Gasteiger partial charge on any atom is 0.292 e. The second-order valence-corrected chi connectivity index (χ2v) is 6.18. The second-order valence-electron chi connectivity index (χ2n) is 6.18. The molecule has 2 aromatic carbocycles. The highest BCUT2D eigenvalue weighted by molar-refractivity contribution is 5.63. The van der Waals surface area contributed by atoms with Gasteiger partial charge < -0.3 is 9.64 Å². The van der Waals surface area contributed by atoms with Crippen LogP contribution in [0.3, 0.4) is 0 Å². The topological polar surface area (TPSA) is 102 Å². The molecule has 0 N–H and O–H groups in total. The van der Waals surface area contributed by atoms with Gasteiger partial charge in [-0.3, -0.25) is 25.1 Å². The van der Waals surface area contributed by atoms with Crippen molar-refractivity contribution in [3.8, 4) is 5.75 Å². The molecule has 0 bridgehead atoms. The molecule has 27 heavy (non-hydrogen) atoms. The van der Waals surface area contributed by atoms with E-state index in [1.54, 1.807) is 24.3 Å². The Kier molecular flexibility index (Phi) is 5.82. The first-order chi connectivity index (χ1) is 13.0. The third kappa shape index (κ3) is 4.70. The fourth-order valence-corrected chi connectivity index (χ4v) is 3.08. The standard InChI is InChI=1S/C18H20N4O5/c23-21(24)15-4-3-5-16(14-15)27-13-12-19-8-10-20(11-9-19)17-6-1-2-7-18(17)22(25)26/h1-7,14H,8-13H2. The molecule has 2 aromatic rings. The van der Waals surface area contributed by atoms with Gasteiger partial charge in [0, 0.05) is 44.9 Å². The van der Waals surface area contributed by atoms with Crippen molar-refractivity contribution in [2.75, 3.05) is 44.2 Å². The van der Waals surface area contributed by atoms with Crippen LogP contribution >= 0.6 is 0 Å². The van der Waals surface area contributed by atoms with Crippen LogP contribution in [0.4, 0.5) is 17.1 Å². The first kappa shape index (κ1) is 18.6. The molecule has 1 saturated heterocycles. The molecule has 0 amide bonds. The molecular formula is C18H20N4O5. The summed E-state index contributed by atoms with van der Waals surface area (Å²) in [6.45, 7) is 4.04. The Balaban J connectivity index is 1.48. The van der Waals surface area contributed by atoms with Crippen LogP contribution in [-0.2, 0) is 0 Å². The molecule has 0 aromatic heterocycles. The Morgan fingerprint density at radius 1 is 0.926 bits per heavy atom. The number of nitro benzene ring substituents is 2. The zero-order valence-electron chi connectivity index (χ0n) is 14.7. The van der Waals surface area contributed by atoms with E-state index in [0.717, 1.165) is 13.1 Å². The number of benzene rings is 2. The molecule has 1 aliphatic heterocycles. The van der Waals surface area contributed by atoms with Crippen LogP contribution in [-0.4, -0.2) is 54.1 Å². The van der Waals surface area contributed by atoms with Crippen LogP contribution in [0.15, 0.2) is 48.5 Å². The summed E-state index contributed by atoms with van der Waals surface area (Å²) in [5, 5.41) is 22.0. The van der Waals surface area contributed by atoms with Gasteiger partial charge in [0.2, 0.25) is 0 Å². The molecule has 1 aliphatic rings. The maximum absolute atomic E-state index is 11.2. The number of hydrogen-bond donors (Lipinski definition) is 0.